The Hall–Kier alpha value is -0.830. The Balaban J connectivity index is 2.10. The van der Waals surface area contributed by atoms with Gasteiger partial charge in [0.2, 0.25) is 0 Å². The predicted octanol–water partition coefficient (Wildman–Crippen LogP) is 2.04. The van der Waals surface area contributed by atoms with Gasteiger partial charge in [-0.3, -0.25) is 0 Å². The molecule has 1 aliphatic heterocycles. The van der Waals surface area contributed by atoms with Crippen molar-refractivity contribution in [3.05, 3.63) is 11.8 Å². The van der Waals surface area contributed by atoms with E-state index in [9.17, 15) is 0 Å². The number of rotatable bonds is 1. The van der Waals surface area contributed by atoms with E-state index in [-0.39, 0.29) is 5.41 Å². The molecule has 84 valence electrons. The number of nitrogens with zero attached hydrogens (tertiary/aromatic N) is 1. The van der Waals surface area contributed by atoms with Crippen molar-refractivity contribution in [1.82, 2.24) is 4.90 Å². The SMILES string of the molecule is CC1(C)CC(=N)C=C(N2CCOCC2)C1. The second-order valence-electron chi connectivity index (χ2n) is 5.28. The lowest BCUT2D eigenvalue weighted by Gasteiger charge is -2.38. The van der Waals surface area contributed by atoms with Crippen molar-refractivity contribution >= 4 is 5.71 Å². The number of morpholine rings is 1. The largest absolute Gasteiger partial charge is 0.378 e. The van der Waals surface area contributed by atoms with Gasteiger partial charge in [0.15, 0.2) is 0 Å². The first-order chi connectivity index (χ1) is 7.07. The van der Waals surface area contributed by atoms with Crippen LogP contribution in [0.1, 0.15) is 26.7 Å². The summed E-state index contributed by atoms with van der Waals surface area (Å²) >= 11 is 0. The smallest absolute Gasteiger partial charge is 0.0642 e. The first-order valence-electron chi connectivity index (χ1n) is 5.67. The molecule has 0 saturated carbocycles. The summed E-state index contributed by atoms with van der Waals surface area (Å²) < 4.78 is 5.35. The molecule has 1 aliphatic carbocycles. The maximum absolute atomic E-state index is 7.86. The van der Waals surface area contributed by atoms with Crippen LogP contribution in [-0.4, -0.2) is 36.9 Å². The normalized spacial score (nSPS) is 26.4. The van der Waals surface area contributed by atoms with Crippen LogP contribution in [0.3, 0.4) is 0 Å². The summed E-state index contributed by atoms with van der Waals surface area (Å²) in [4.78, 5) is 2.37. The summed E-state index contributed by atoms with van der Waals surface area (Å²) in [7, 11) is 0. The van der Waals surface area contributed by atoms with Gasteiger partial charge in [-0.05, 0) is 24.3 Å². The minimum absolute atomic E-state index is 0.249. The zero-order chi connectivity index (χ0) is 10.9. The zero-order valence-corrected chi connectivity index (χ0v) is 9.68. The van der Waals surface area contributed by atoms with Crippen LogP contribution in [0.25, 0.3) is 0 Å². The van der Waals surface area contributed by atoms with E-state index in [1.54, 1.807) is 0 Å². The molecule has 1 heterocycles. The van der Waals surface area contributed by atoms with E-state index >= 15 is 0 Å². The highest BCUT2D eigenvalue weighted by atomic mass is 16.5. The molecule has 1 N–H and O–H groups in total. The van der Waals surface area contributed by atoms with Crippen LogP contribution in [0.5, 0.6) is 0 Å². The van der Waals surface area contributed by atoms with Crippen LogP contribution in [0, 0.1) is 10.8 Å². The second-order valence-corrected chi connectivity index (χ2v) is 5.28. The minimum atomic E-state index is 0.249. The van der Waals surface area contributed by atoms with Gasteiger partial charge in [-0.2, -0.15) is 0 Å². The molecule has 1 saturated heterocycles. The van der Waals surface area contributed by atoms with Crippen LogP contribution in [0.4, 0.5) is 0 Å². The molecule has 0 radical (unpaired) electrons. The molecule has 0 bridgehead atoms. The Kier molecular flexibility index (Phi) is 2.83. The molecule has 0 aromatic rings. The molecule has 0 aromatic carbocycles. The van der Waals surface area contributed by atoms with Crippen molar-refractivity contribution in [1.29, 1.82) is 5.41 Å². The molecule has 0 atom stereocenters. The molecule has 0 aromatic heterocycles. The van der Waals surface area contributed by atoms with E-state index in [4.69, 9.17) is 10.1 Å². The summed E-state index contributed by atoms with van der Waals surface area (Å²) in [6, 6.07) is 0. The van der Waals surface area contributed by atoms with Gasteiger partial charge in [0.05, 0.1) is 13.2 Å². The first kappa shape index (κ1) is 10.7. The fourth-order valence-electron chi connectivity index (χ4n) is 2.43. The Bertz CT molecular complexity index is 288. The van der Waals surface area contributed by atoms with E-state index < -0.39 is 0 Å². The number of hydrogen-bond donors (Lipinski definition) is 1. The third kappa shape index (κ3) is 2.59. The van der Waals surface area contributed by atoms with E-state index in [2.05, 4.69) is 24.8 Å². The Morgan fingerprint density at radius 2 is 1.93 bits per heavy atom. The number of allylic oxidation sites excluding steroid dienone is 2. The number of ether oxygens (including phenoxy) is 1. The monoisotopic (exact) mass is 208 g/mol. The van der Waals surface area contributed by atoms with E-state index in [0.717, 1.165) is 44.9 Å². The summed E-state index contributed by atoms with van der Waals surface area (Å²) in [6.45, 7) is 8.10. The molecular formula is C12H20N2O. The summed E-state index contributed by atoms with van der Waals surface area (Å²) in [6.07, 6.45) is 4.05. The van der Waals surface area contributed by atoms with Crippen molar-refractivity contribution in [3.63, 3.8) is 0 Å². The lowest BCUT2D eigenvalue weighted by molar-refractivity contribution is 0.0491. The van der Waals surface area contributed by atoms with E-state index in [1.165, 1.54) is 5.70 Å². The maximum Gasteiger partial charge on any atom is 0.0642 e. The highest BCUT2D eigenvalue weighted by Crippen LogP contribution is 2.35. The van der Waals surface area contributed by atoms with E-state index in [1.807, 2.05) is 0 Å². The lowest BCUT2D eigenvalue weighted by atomic mass is 9.78. The van der Waals surface area contributed by atoms with Gasteiger partial charge in [0.25, 0.3) is 0 Å². The first-order valence-corrected chi connectivity index (χ1v) is 5.67. The summed E-state index contributed by atoms with van der Waals surface area (Å²) in [5, 5.41) is 7.86. The van der Waals surface area contributed by atoms with E-state index in [0.29, 0.717) is 0 Å². The van der Waals surface area contributed by atoms with Gasteiger partial charge in [-0.25, -0.2) is 0 Å². The van der Waals surface area contributed by atoms with Gasteiger partial charge in [0, 0.05) is 24.5 Å². The highest BCUT2D eigenvalue weighted by Gasteiger charge is 2.28. The summed E-state index contributed by atoms with van der Waals surface area (Å²) in [5.41, 5.74) is 2.35. The topological polar surface area (TPSA) is 36.3 Å². The molecular weight excluding hydrogens is 188 g/mol. The van der Waals surface area contributed by atoms with Crippen molar-refractivity contribution in [3.8, 4) is 0 Å². The highest BCUT2D eigenvalue weighted by molar-refractivity contribution is 5.94. The van der Waals surface area contributed by atoms with Gasteiger partial charge in [0.1, 0.15) is 0 Å². The van der Waals surface area contributed by atoms with Crippen molar-refractivity contribution in [2.45, 2.75) is 26.7 Å². The molecule has 0 spiro atoms. The molecule has 3 nitrogen and oxygen atoms in total. The van der Waals surface area contributed by atoms with Gasteiger partial charge in [-0.1, -0.05) is 13.8 Å². The van der Waals surface area contributed by atoms with Crippen molar-refractivity contribution in [2.24, 2.45) is 5.41 Å². The molecule has 0 unspecified atom stereocenters. The second kappa shape index (κ2) is 3.97. The van der Waals surface area contributed by atoms with Crippen LogP contribution in [-0.2, 0) is 4.74 Å². The van der Waals surface area contributed by atoms with Crippen molar-refractivity contribution < 1.29 is 4.74 Å². The van der Waals surface area contributed by atoms with Gasteiger partial charge < -0.3 is 15.0 Å². The van der Waals surface area contributed by atoms with Crippen LogP contribution >= 0.6 is 0 Å². The molecule has 2 aliphatic rings. The molecule has 2 rings (SSSR count). The van der Waals surface area contributed by atoms with Crippen LogP contribution in [0.15, 0.2) is 11.8 Å². The average molecular weight is 208 g/mol. The standard InChI is InChI=1S/C12H20N2O/c1-12(2)8-10(13)7-11(9-12)14-3-5-15-6-4-14/h7,13H,3-6,8-9H2,1-2H3. The van der Waals surface area contributed by atoms with Gasteiger partial charge in [-0.15, -0.1) is 0 Å². The maximum atomic E-state index is 7.86. The fourth-order valence-corrected chi connectivity index (χ4v) is 2.43. The molecule has 15 heavy (non-hydrogen) atoms. The Morgan fingerprint density at radius 1 is 1.27 bits per heavy atom. The lowest BCUT2D eigenvalue weighted by Crippen LogP contribution is -2.38. The van der Waals surface area contributed by atoms with Gasteiger partial charge >= 0.3 is 0 Å². The van der Waals surface area contributed by atoms with Crippen LogP contribution < -0.4 is 0 Å². The average Bonchev–Trinajstić information content (AvgIpc) is 2.16. The Morgan fingerprint density at radius 3 is 2.53 bits per heavy atom. The third-order valence-electron chi connectivity index (χ3n) is 3.09. The number of nitrogens with one attached hydrogen (secondary N) is 1. The quantitative estimate of drug-likeness (QED) is 0.716. The molecule has 3 heteroatoms. The zero-order valence-electron chi connectivity index (χ0n) is 9.68. The molecule has 0 amide bonds. The molecule has 1 fully saturated rings. The van der Waals surface area contributed by atoms with Crippen LogP contribution in [0.2, 0.25) is 0 Å². The fraction of sp³-hybridized carbons (Fsp3) is 0.750. The Labute approximate surface area is 91.6 Å². The third-order valence-corrected chi connectivity index (χ3v) is 3.09. The summed E-state index contributed by atoms with van der Waals surface area (Å²) in [5.74, 6) is 0. The predicted molar refractivity (Wildman–Crippen MR) is 61.2 cm³/mol. The minimum Gasteiger partial charge on any atom is -0.378 e. The number of hydrogen-bond acceptors (Lipinski definition) is 3. The van der Waals surface area contributed by atoms with Crippen molar-refractivity contribution in [2.75, 3.05) is 26.3 Å².